The molecular formula is C24H28N4O2S. The first kappa shape index (κ1) is 21.3. The topological polar surface area (TPSA) is 67.2 Å². The summed E-state index contributed by atoms with van der Waals surface area (Å²) in [6.07, 6.45) is 4.71. The third kappa shape index (κ3) is 4.88. The molecule has 7 heteroatoms. The highest BCUT2D eigenvalue weighted by Gasteiger charge is 2.46. The normalized spacial score (nSPS) is 18.5. The molecule has 0 saturated carbocycles. The molecule has 1 atom stereocenters. The molecule has 1 N–H and O–H groups in total. The quantitative estimate of drug-likeness (QED) is 0.615. The van der Waals surface area contributed by atoms with E-state index in [9.17, 15) is 9.59 Å². The molecule has 1 aliphatic heterocycles. The van der Waals surface area contributed by atoms with Gasteiger partial charge in [-0.3, -0.25) is 14.3 Å². The van der Waals surface area contributed by atoms with Crippen LogP contribution < -0.4 is 5.32 Å². The smallest absolute Gasteiger partial charge is 0.244 e. The van der Waals surface area contributed by atoms with Crippen molar-refractivity contribution in [2.45, 2.75) is 39.3 Å². The maximum absolute atomic E-state index is 13.3. The number of amides is 2. The Morgan fingerprint density at radius 3 is 2.65 bits per heavy atom. The van der Waals surface area contributed by atoms with Gasteiger partial charge >= 0.3 is 0 Å². The van der Waals surface area contributed by atoms with Crippen molar-refractivity contribution < 1.29 is 9.59 Å². The minimum Gasteiger partial charge on any atom is -0.353 e. The predicted molar refractivity (Wildman–Crippen MR) is 123 cm³/mol. The zero-order valence-corrected chi connectivity index (χ0v) is 18.8. The van der Waals surface area contributed by atoms with E-state index < -0.39 is 5.41 Å². The molecule has 6 nitrogen and oxygen atoms in total. The van der Waals surface area contributed by atoms with Crippen LogP contribution in [-0.4, -0.2) is 45.6 Å². The van der Waals surface area contributed by atoms with Gasteiger partial charge in [0.15, 0.2) is 0 Å². The summed E-state index contributed by atoms with van der Waals surface area (Å²) in [6.45, 7) is 5.15. The zero-order valence-electron chi connectivity index (χ0n) is 18.0. The van der Waals surface area contributed by atoms with Gasteiger partial charge in [0.25, 0.3) is 0 Å². The van der Waals surface area contributed by atoms with Gasteiger partial charge in [-0.05, 0) is 66.3 Å². The van der Waals surface area contributed by atoms with Gasteiger partial charge in [0.05, 0.1) is 5.41 Å². The Bertz CT molecular complexity index is 1010. The van der Waals surface area contributed by atoms with Crippen LogP contribution in [0.5, 0.6) is 0 Å². The summed E-state index contributed by atoms with van der Waals surface area (Å²) in [6, 6.07) is 12.4. The van der Waals surface area contributed by atoms with Gasteiger partial charge in [0, 0.05) is 31.5 Å². The van der Waals surface area contributed by atoms with Gasteiger partial charge in [-0.25, -0.2) is 0 Å². The number of aromatic nitrogens is 2. The lowest BCUT2D eigenvalue weighted by molar-refractivity contribution is -0.134. The molecule has 3 heterocycles. The monoisotopic (exact) mass is 436 g/mol. The van der Waals surface area contributed by atoms with Crippen molar-refractivity contribution in [3.63, 3.8) is 0 Å². The van der Waals surface area contributed by atoms with Crippen LogP contribution in [0.3, 0.4) is 0 Å². The van der Waals surface area contributed by atoms with E-state index in [1.807, 2.05) is 13.8 Å². The molecule has 1 aliphatic rings. The number of nitrogens with one attached hydrogen (secondary N) is 1. The molecular weight excluding hydrogens is 408 g/mol. The second kappa shape index (κ2) is 9.06. The number of hydrogen-bond acceptors (Lipinski definition) is 4. The molecule has 0 aliphatic carbocycles. The molecule has 2 amide bonds. The fourth-order valence-electron chi connectivity index (χ4n) is 4.18. The van der Waals surface area contributed by atoms with Crippen molar-refractivity contribution in [3.8, 4) is 11.1 Å². The molecule has 3 aromatic rings. The van der Waals surface area contributed by atoms with Crippen LogP contribution in [0.25, 0.3) is 11.1 Å². The minimum absolute atomic E-state index is 0.00396. The summed E-state index contributed by atoms with van der Waals surface area (Å²) in [5.74, 6) is 0.0227. The van der Waals surface area contributed by atoms with Gasteiger partial charge in [0.2, 0.25) is 11.8 Å². The van der Waals surface area contributed by atoms with E-state index in [-0.39, 0.29) is 24.4 Å². The SMILES string of the molecule is CC(C)NC(=O)C1(Cc2ccc(-c3ccsc3)cc2)CCN(C(=O)Cn2cccn2)C1. The van der Waals surface area contributed by atoms with E-state index in [1.165, 1.54) is 11.1 Å². The van der Waals surface area contributed by atoms with E-state index in [0.29, 0.717) is 25.9 Å². The number of nitrogens with zero attached hydrogens (tertiary/aromatic N) is 3. The Morgan fingerprint density at radius 2 is 2.00 bits per heavy atom. The van der Waals surface area contributed by atoms with E-state index in [0.717, 1.165) is 5.56 Å². The third-order valence-electron chi connectivity index (χ3n) is 5.82. The molecule has 2 aromatic heterocycles. The summed E-state index contributed by atoms with van der Waals surface area (Å²) in [7, 11) is 0. The van der Waals surface area contributed by atoms with Crippen LogP contribution >= 0.6 is 11.3 Å². The number of carbonyl (C=O) groups excluding carboxylic acids is 2. The lowest BCUT2D eigenvalue weighted by Crippen LogP contribution is -2.47. The number of thiophene rings is 1. The first-order chi connectivity index (χ1) is 14.9. The molecule has 1 aromatic carbocycles. The molecule has 162 valence electrons. The Labute approximate surface area is 186 Å². The van der Waals surface area contributed by atoms with Gasteiger partial charge in [0.1, 0.15) is 6.54 Å². The van der Waals surface area contributed by atoms with E-state index in [2.05, 4.69) is 51.5 Å². The number of carbonyl (C=O) groups is 2. The standard InChI is InChI=1S/C24H28N4O2S/c1-18(2)26-23(30)24(9-12-27(17-24)22(29)15-28-11-3-10-25-28)14-19-4-6-20(7-5-19)21-8-13-31-16-21/h3-8,10-11,13,16,18H,9,12,14-15,17H2,1-2H3,(H,26,30). The third-order valence-corrected chi connectivity index (χ3v) is 6.50. The largest absolute Gasteiger partial charge is 0.353 e. The molecule has 4 rings (SSSR count). The summed E-state index contributed by atoms with van der Waals surface area (Å²) in [4.78, 5) is 27.9. The van der Waals surface area contributed by atoms with Gasteiger partial charge < -0.3 is 10.2 Å². The maximum Gasteiger partial charge on any atom is 0.244 e. The van der Waals surface area contributed by atoms with Crippen molar-refractivity contribution >= 4 is 23.2 Å². The van der Waals surface area contributed by atoms with Crippen LogP contribution in [0.1, 0.15) is 25.8 Å². The highest BCUT2D eigenvalue weighted by atomic mass is 32.1. The average Bonchev–Trinajstić information content (AvgIpc) is 3.51. The summed E-state index contributed by atoms with van der Waals surface area (Å²) < 4.78 is 1.62. The fourth-order valence-corrected chi connectivity index (χ4v) is 4.84. The maximum atomic E-state index is 13.3. The Hall–Kier alpha value is -2.93. The van der Waals surface area contributed by atoms with Crippen LogP contribution in [0.2, 0.25) is 0 Å². The second-order valence-electron chi connectivity index (χ2n) is 8.56. The number of rotatable bonds is 7. The molecule has 0 radical (unpaired) electrons. The van der Waals surface area contributed by atoms with Gasteiger partial charge in [-0.2, -0.15) is 16.4 Å². The first-order valence-corrected chi connectivity index (χ1v) is 11.6. The zero-order chi connectivity index (χ0) is 21.8. The predicted octanol–water partition coefficient (Wildman–Crippen LogP) is 3.60. The Balaban J connectivity index is 1.51. The van der Waals surface area contributed by atoms with E-state index >= 15 is 0 Å². The Morgan fingerprint density at radius 1 is 1.19 bits per heavy atom. The van der Waals surface area contributed by atoms with E-state index in [1.54, 1.807) is 39.4 Å². The lowest BCUT2D eigenvalue weighted by Gasteiger charge is -2.29. The van der Waals surface area contributed by atoms with Crippen LogP contribution in [0.4, 0.5) is 0 Å². The number of hydrogen-bond donors (Lipinski definition) is 1. The molecule has 0 spiro atoms. The van der Waals surface area contributed by atoms with Crippen molar-refractivity contribution in [2.75, 3.05) is 13.1 Å². The average molecular weight is 437 g/mol. The molecule has 0 bridgehead atoms. The number of benzene rings is 1. The van der Waals surface area contributed by atoms with Crippen molar-refractivity contribution in [1.82, 2.24) is 20.0 Å². The van der Waals surface area contributed by atoms with Gasteiger partial charge in [-0.1, -0.05) is 24.3 Å². The lowest BCUT2D eigenvalue weighted by atomic mass is 9.79. The molecule has 1 fully saturated rings. The number of likely N-dealkylation sites (tertiary alicyclic amines) is 1. The van der Waals surface area contributed by atoms with Crippen molar-refractivity contribution in [1.29, 1.82) is 0 Å². The van der Waals surface area contributed by atoms with Gasteiger partial charge in [-0.15, -0.1) is 0 Å². The molecule has 31 heavy (non-hydrogen) atoms. The summed E-state index contributed by atoms with van der Waals surface area (Å²) in [5, 5.41) is 11.4. The highest BCUT2D eigenvalue weighted by Crippen LogP contribution is 2.35. The Kier molecular flexibility index (Phi) is 6.23. The molecule has 1 unspecified atom stereocenters. The van der Waals surface area contributed by atoms with Crippen LogP contribution in [0.15, 0.2) is 59.6 Å². The van der Waals surface area contributed by atoms with Crippen LogP contribution in [0, 0.1) is 5.41 Å². The molecule has 1 saturated heterocycles. The van der Waals surface area contributed by atoms with Crippen molar-refractivity contribution in [3.05, 3.63) is 65.1 Å². The van der Waals surface area contributed by atoms with Crippen molar-refractivity contribution in [2.24, 2.45) is 5.41 Å². The summed E-state index contributed by atoms with van der Waals surface area (Å²) in [5.41, 5.74) is 2.88. The first-order valence-electron chi connectivity index (χ1n) is 10.6. The summed E-state index contributed by atoms with van der Waals surface area (Å²) >= 11 is 1.68. The van der Waals surface area contributed by atoms with E-state index in [4.69, 9.17) is 0 Å². The fraction of sp³-hybridized carbons (Fsp3) is 0.375. The van der Waals surface area contributed by atoms with Crippen LogP contribution in [-0.2, 0) is 22.6 Å². The second-order valence-corrected chi connectivity index (χ2v) is 9.34. The minimum atomic E-state index is -0.617. The highest BCUT2D eigenvalue weighted by molar-refractivity contribution is 7.08.